The zero-order chi connectivity index (χ0) is 20.3. The third kappa shape index (κ3) is 3.28. The monoisotopic (exact) mass is 414 g/mol. The molecule has 1 aromatic heterocycles. The molecule has 3 atom stereocenters. The van der Waals surface area contributed by atoms with Crippen molar-refractivity contribution in [2.24, 2.45) is 0 Å². The van der Waals surface area contributed by atoms with Gasteiger partial charge in [0.2, 0.25) is 16.0 Å². The van der Waals surface area contributed by atoms with E-state index < -0.39 is 10.0 Å². The smallest absolute Gasteiger partial charge is 0.226 e. The zero-order valence-electron chi connectivity index (χ0n) is 17.0. The van der Waals surface area contributed by atoms with Gasteiger partial charge >= 0.3 is 0 Å². The molecule has 0 spiro atoms. The molecule has 154 valence electrons. The summed E-state index contributed by atoms with van der Waals surface area (Å²) >= 11 is 0. The molecule has 1 aromatic carbocycles. The Morgan fingerprint density at radius 3 is 2.72 bits per heavy atom. The van der Waals surface area contributed by atoms with Gasteiger partial charge in [0.1, 0.15) is 11.9 Å². The molecule has 2 aliphatic heterocycles. The average molecular weight is 415 g/mol. The lowest BCUT2D eigenvalue weighted by Crippen LogP contribution is -2.46. The topological polar surface area (TPSA) is 84.4 Å². The molecule has 2 aromatic rings. The number of aryl methyl sites for hydroxylation is 1. The maximum Gasteiger partial charge on any atom is 0.226 e. The molecule has 1 saturated heterocycles. The molecule has 29 heavy (non-hydrogen) atoms. The first kappa shape index (κ1) is 18.8. The maximum absolute atomic E-state index is 11.7. The van der Waals surface area contributed by atoms with E-state index in [0.29, 0.717) is 6.04 Å². The minimum atomic E-state index is -3.33. The van der Waals surface area contributed by atoms with Crippen LogP contribution in [0.1, 0.15) is 49.6 Å². The number of ether oxygens (including phenoxy) is 1. The van der Waals surface area contributed by atoms with E-state index in [9.17, 15) is 8.42 Å². The van der Waals surface area contributed by atoms with Crippen LogP contribution in [0.25, 0.3) is 11.3 Å². The van der Waals surface area contributed by atoms with E-state index in [1.54, 1.807) is 0 Å². The molecule has 0 unspecified atom stereocenters. The number of sulfonamides is 1. The van der Waals surface area contributed by atoms with Crippen LogP contribution in [0.5, 0.6) is 5.75 Å². The predicted molar refractivity (Wildman–Crippen MR) is 112 cm³/mol. The van der Waals surface area contributed by atoms with E-state index >= 15 is 0 Å². The lowest BCUT2D eigenvalue weighted by atomic mass is 10.00. The SMILES string of the molecule is C[C@@H]1Oc2cc(-c3nc(N4CC[C@@H]4C)nc4c3CCC4)ccc2[C@H]1NS(C)(=O)=O. The fourth-order valence-corrected chi connectivity index (χ4v) is 5.33. The predicted octanol–water partition coefficient (Wildman–Crippen LogP) is 2.60. The van der Waals surface area contributed by atoms with Crippen LogP contribution >= 0.6 is 0 Å². The summed E-state index contributed by atoms with van der Waals surface area (Å²) in [5.41, 5.74) is 5.26. The first-order chi connectivity index (χ1) is 13.8. The van der Waals surface area contributed by atoms with Crippen LogP contribution < -0.4 is 14.4 Å². The Kier molecular flexibility index (Phi) is 4.33. The molecule has 7 nitrogen and oxygen atoms in total. The second kappa shape index (κ2) is 6.67. The third-order valence-electron chi connectivity index (χ3n) is 6.24. The van der Waals surface area contributed by atoms with Gasteiger partial charge in [0.25, 0.3) is 0 Å². The number of fused-ring (bicyclic) bond motifs is 2. The van der Waals surface area contributed by atoms with E-state index in [0.717, 1.165) is 60.0 Å². The number of hydrogen-bond donors (Lipinski definition) is 1. The highest BCUT2D eigenvalue weighted by Crippen LogP contribution is 2.41. The van der Waals surface area contributed by atoms with Crippen molar-refractivity contribution < 1.29 is 13.2 Å². The molecule has 0 bridgehead atoms. The van der Waals surface area contributed by atoms with Crippen LogP contribution in [-0.4, -0.2) is 43.3 Å². The largest absolute Gasteiger partial charge is 0.488 e. The fourth-order valence-electron chi connectivity index (χ4n) is 4.55. The van der Waals surface area contributed by atoms with Crippen LogP contribution in [0, 0.1) is 0 Å². The third-order valence-corrected chi connectivity index (χ3v) is 6.93. The number of aromatic nitrogens is 2. The molecule has 1 N–H and O–H groups in total. The minimum Gasteiger partial charge on any atom is -0.488 e. The second-order valence-corrected chi connectivity index (χ2v) is 10.2. The number of nitrogens with zero attached hydrogens (tertiary/aromatic N) is 3. The summed E-state index contributed by atoms with van der Waals surface area (Å²) < 4.78 is 32.1. The molecule has 0 radical (unpaired) electrons. The van der Waals surface area contributed by atoms with Gasteiger partial charge in [-0.25, -0.2) is 23.1 Å². The van der Waals surface area contributed by atoms with Crippen molar-refractivity contribution >= 4 is 16.0 Å². The Hall–Kier alpha value is -2.19. The molecule has 3 heterocycles. The highest BCUT2D eigenvalue weighted by atomic mass is 32.2. The molecular weight excluding hydrogens is 388 g/mol. The van der Waals surface area contributed by atoms with Gasteiger partial charge in [-0.15, -0.1) is 0 Å². The molecule has 8 heteroatoms. The summed E-state index contributed by atoms with van der Waals surface area (Å²) in [6.45, 7) is 5.09. The highest BCUT2D eigenvalue weighted by Gasteiger charge is 2.34. The van der Waals surface area contributed by atoms with E-state index in [1.807, 2.05) is 25.1 Å². The van der Waals surface area contributed by atoms with E-state index in [4.69, 9.17) is 14.7 Å². The van der Waals surface area contributed by atoms with Gasteiger partial charge in [-0.3, -0.25) is 0 Å². The summed E-state index contributed by atoms with van der Waals surface area (Å²) in [7, 11) is -3.33. The molecule has 1 fully saturated rings. The number of hydrogen-bond acceptors (Lipinski definition) is 6. The lowest BCUT2D eigenvalue weighted by Gasteiger charge is -2.39. The Balaban J connectivity index is 1.55. The van der Waals surface area contributed by atoms with Crippen LogP contribution in [0.3, 0.4) is 0 Å². The van der Waals surface area contributed by atoms with Gasteiger partial charge in [-0.1, -0.05) is 12.1 Å². The van der Waals surface area contributed by atoms with Crippen molar-refractivity contribution in [1.82, 2.24) is 14.7 Å². The average Bonchev–Trinajstić information content (AvgIpc) is 3.23. The molecule has 0 saturated carbocycles. The van der Waals surface area contributed by atoms with E-state index in [1.165, 1.54) is 18.2 Å². The Morgan fingerprint density at radius 2 is 2.03 bits per heavy atom. The standard InChI is InChI=1S/C21H26N4O3S/c1-12-9-10-25(12)21-22-17-6-4-5-15(17)20(23-21)14-7-8-16-18(11-14)28-13(2)19(16)24-29(3,26)27/h7-8,11-13,19,24H,4-6,9-10H2,1-3H3/t12-,13-,19-/m0/s1. The minimum absolute atomic E-state index is 0.261. The second-order valence-electron chi connectivity index (χ2n) is 8.43. The van der Waals surface area contributed by atoms with Gasteiger partial charge in [-0.2, -0.15) is 0 Å². The number of nitrogens with one attached hydrogen (secondary N) is 1. The van der Waals surface area contributed by atoms with E-state index in [-0.39, 0.29) is 12.1 Å². The number of benzene rings is 1. The van der Waals surface area contributed by atoms with Gasteiger partial charge in [0, 0.05) is 35.0 Å². The van der Waals surface area contributed by atoms with Crippen molar-refractivity contribution in [2.45, 2.75) is 57.7 Å². The maximum atomic E-state index is 11.7. The van der Waals surface area contributed by atoms with Gasteiger partial charge in [0.05, 0.1) is 18.0 Å². The van der Waals surface area contributed by atoms with Gasteiger partial charge in [0.15, 0.2) is 0 Å². The highest BCUT2D eigenvalue weighted by molar-refractivity contribution is 7.88. The Labute approximate surface area is 171 Å². The van der Waals surface area contributed by atoms with Crippen molar-refractivity contribution in [2.75, 3.05) is 17.7 Å². The summed E-state index contributed by atoms with van der Waals surface area (Å²) in [5, 5.41) is 0. The van der Waals surface area contributed by atoms with Crippen LogP contribution in [-0.2, 0) is 22.9 Å². The zero-order valence-corrected chi connectivity index (χ0v) is 17.8. The molecular formula is C21H26N4O3S. The molecule has 1 aliphatic carbocycles. The summed E-state index contributed by atoms with van der Waals surface area (Å²) in [6.07, 6.45) is 5.19. The van der Waals surface area contributed by atoms with Gasteiger partial charge < -0.3 is 9.64 Å². The van der Waals surface area contributed by atoms with Crippen molar-refractivity contribution in [3.63, 3.8) is 0 Å². The normalized spacial score (nSPS) is 25.3. The van der Waals surface area contributed by atoms with Crippen molar-refractivity contribution in [3.05, 3.63) is 35.0 Å². The van der Waals surface area contributed by atoms with Crippen LogP contribution in [0.15, 0.2) is 18.2 Å². The Bertz CT molecular complexity index is 1090. The summed E-state index contributed by atoms with van der Waals surface area (Å²) in [6, 6.07) is 6.10. The molecule has 0 amide bonds. The first-order valence-electron chi connectivity index (χ1n) is 10.2. The summed E-state index contributed by atoms with van der Waals surface area (Å²) in [4.78, 5) is 12.1. The van der Waals surface area contributed by atoms with Crippen molar-refractivity contribution in [1.29, 1.82) is 0 Å². The van der Waals surface area contributed by atoms with E-state index in [2.05, 4.69) is 16.5 Å². The quantitative estimate of drug-likeness (QED) is 0.828. The number of rotatable bonds is 4. The Morgan fingerprint density at radius 1 is 1.21 bits per heavy atom. The first-order valence-corrected chi connectivity index (χ1v) is 12.1. The van der Waals surface area contributed by atoms with Crippen LogP contribution in [0.2, 0.25) is 0 Å². The van der Waals surface area contributed by atoms with Crippen molar-refractivity contribution in [3.8, 4) is 17.0 Å². The van der Waals surface area contributed by atoms with Gasteiger partial charge in [-0.05, 0) is 45.6 Å². The van der Waals surface area contributed by atoms with Crippen LogP contribution in [0.4, 0.5) is 5.95 Å². The molecule has 5 rings (SSSR count). The summed E-state index contributed by atoms with van der Waals surface area (Å²) in [5.74, 6) is 1.55. The molecule has 3 aliphatic rings. The number of anilines is 1. The lowest BCUT2D eigenvalue weighted by molar-refractivity contribution is 0.221. The fraction of sp³-hybridized carbons (Fsp3) is 0.524.